The monoisotopic (exact) mass is 317 g/mol. The van der Waals surface area contributed by atoms with E-state index in [0.717, 1.165) is 17.0 Å². The van der Waals surface area contributed by atoms with Crippen molar-refractivity contribution in [3.8, 4) is 0 Å². The molecule has 0 spiro atoms. The van der Waals surface area contributed by atoms with Crippen LogP contribution < -0.4 is 0 Å². The number of aliphatic carboxylic acids is 1. The highest BCUT2D eigenvalue weighted by Gasteiger charge is 2.36. The lowest BCUT2D eigenvalue weighted by Crippen LogP contribution is -2.50. The molecule has 0 fully saturated rings. The smallest absolute Gasteiger partial charge is 0.329 e. The van der Waals surface area contributed by atoms with Gasteiger partial charge in [0.25, 0.3) is 5.91 Å². The Kier molecular flexibility index (Phi) is 4.11. The molecule has 1 rings (SSSR count). The second-order valence-corrected chi connectivity index (χ2v) is 5.21. The van der Waals surface area contributed by atoms with Crippen molar-refractivity contribution >= 4 is 27.8 Å². The van der Waals surface area contributed by atoms with Crippen molar-refractivity contribution in [3.05, 3.63) is 34.1 Å². The zero-order chi connectivity index (χ0) is 14.1. The lowest BCUT2D eigenvalue weighted by Gasteiger charge is -2.31. The molecule has 0 aliphatic heterocycles. The molecule has 1 amide bonds. The van der Waals surface area contributed by atoms with E-state index in [4.69, 9.17) is 5.11 Å². The number of benzene rings is 1. The van der Waals surface area contributed by atoms with Crippen LogP contribution in [-0.4, -0.2) is 34.5 Å². The second-order valence-electron chi connectivity index (χ2n) is 4.35. The fraction of sp³-hybridized carbons (Fsp3) is 0.333. The van der Waals surface area contributed by atoms with E-state index in [9.17, 15) is 14.0 Å². The maximum absolute atomic E-state index is 12.9. The largest absolute Gasteiger partial charge is 0.480 e. The van der Waals surface area contributed by atoms with E-state index in [0.29, 0.717) is 4.47 Å². The summed E-state index contributed by atoms with van der Waals surface area (Å²) in [5.74, 6) is -2.08. The number of likely N-dealkylation sites (N-methyl/N-ethyl adjacent to an activating group) is 1. The average molecular weight is 318 g/mol. The standard InChI is InChI=1S/C12H13BrFNO3/c1-12(2,11(17)18)15(3)10(16)8-5-4-7(14)6-9(8)13/h4-6H,1-3H3,(H,17,18). The minimum absolute atomic E-state index is 0.216. The summed E-state index contributed by atoms with van der Waals surface area (Å²) >= 11 is 3.08. The third kappa shape index (κ3) is 2.69. The number of nitrogens with zero attached hydrogens (tertiary/aromatic N) is 1. The van der Waals surface area contributed by atoms with E-state index in [1.54, 1.807) is 0 Å². The van der Waals surface area contributed by atoms with Gasteiger partial charge in [-0.3, -0.25) is 4.79 Å². The van der Waals surface area contributed by atoms with Crippen molar-refractivity contribution in [1.29, 1.82) is 0 Å². The normalized spacial score (nSPS) is 11.2. The van der Waals surface area contributed by atoms with Crippen LogP contribution in [0.5, 0.6) is 0 Å². The molecule has 1 N–H and O–H groups in total. The molecule has 0 saturated carbocycles. The minimum Gasteiger partial charge on any atom is -0.480 e. The maximum atomic E-state index is 12.9. The maximum Gasteiger partial charge on any atom is 0.329 e. The van der Waals surface area contributed by atoms with Crippen LogP contribution >= 0.6 is 15.9 Å². The average Bonchev–Trinajstić information content (AvgIpc) is 2.26. The lowest BCUT2D eigenvalue weighted by molar-refractivity contribution is -0.147. The summed E-state index contributed by atoms with van der Waals surface area (Å²) in [5.41, 5.74) is -1.13. The van der Waals surface area contributed by atoms with Gasteiger partial charge in [-0.05, 0) is 48.0 Å². The van der Waals surface area contributed by atoms with E-state index >= 15 is 0 Å². The summed E-state index contributed by atoms with van der Waals surface area (Å²) in [6.07, 6.45) is 0. The van der Waals surface area contributed by atoms with Crippen LogP contribution in [0, 0.1) is 5.82 Å². The Bertz CT molecular complexity index is 502. The van der Waals surface area contributed by atoms with Crippen molar-refractivity contribution in [3.63, 3.8) is 0 Å². The van der Waals surface area contributed by atoms with Gasteiger partial charge in [-0.25, -0.2) is 9.18 Å². The molecule has 0 heterocycles. The minimum atomic E-state index is -1.34. The summed E-state index contributed by atoms with van der Waals surface area (Å²) in [7, 11) is 1.40. The van der Waals surface area contributed by atoms with Gasteiger partial charge < -0.3 is 10.0 Å². The fourth-order valence-electron chi connectivity index (χ4n) is 1.24. The summed E-state index contributed by atoms with van der Waals surface area (Å²) in [5, 5.41) is 9.06. The molecule has 0 saturated heterocycles. The van der Waals surface area contributed by atoms with Gasteiger partial charge in [-0.15, -0.1) is 0 Å². The Morgan fingerprint density at radius 3 is 2.39 bits per heavy atom. The molecule has 0 radical (unpaired) electrons. The number of amides is 1. The van der Waals surface area contributed by atoms with Gasteiger partial charge in [0, 0.05) is 11.5 Å². The van der Waals surface area contributed by atoms with Crippen LogP contribution in [0.1, 0.15) is 24.2 Å². The van der Waals surface area contributed by atoms with E-state index in [1.165, 1.54) is 27.0 Å². The van der Waals surface area contributed by atoms with Gasteiger partial charge in [0.2, 0.25) is 0 Å². The van der Waals surface area contributed by atoms with Crippen molar-refractivity contribution in [2.45, 2.75) is 19.4 Å². The first kappa shape index (κ1) is 14.6. The van der Waals surface area contributed by atoms with Crippen molar-refractivity contribution < 1.29 is 19.1 Å². The Balaban J connectivity index is 3.11. The summed E-state index contributed by atoms with van der Waals surface area (Å²) in [6.45, 7) is 2.84. The number of halogens is 2. The third-order valence-electron chi connectivity index (χ3n) is 2.83. The molecule has 0 aliphatic rings. The van der Waals surface area contributed by atoms with Gasteiger partial charge >= 0.3 is 5.97 Å². The molecular weight excluding hydrogens is 305 g/mol. The van der Waals surface area contributed by atoms with Gasteiger partial charge in [0.15, 0.2) is 0 Å². The van der Waals surface area contributed by atoms with Crippen molar-refractivity contribution in [1.82, 2.24) is 4.90 Å². The van der Waals surface area contributed by atoms with Crippen LogP contribution in [-0.2, 0) is 4.79 Å². The number of rotatable bonds is 3. The van der Waals surface area contributed by atoms with E-state index in [-0.39, 0.29) is 5.56 Å². The highest BCUT2D eigenvalue weighted by atomic mass is 79.9. The van der Waals surface area contributed by atoms with Crippen LogP contribution in [0.15, 0.2) is 22.7 Å². The predicted molar refractivity (Wildman–Crippen MR) is 67.9 cm³/mol. The molecule has 4 nitrogen and oxygen atoms in total. The number of hydrogen-bond acceptors (Lipinski definition) is 2. The first-order valence-electron chi connectivity index (χ1n) is 5.14. The number of carboxylic acid groups (broad SMARTS) is 1. The molecule has 0 atom stereocenters. The number of carbonyl (C=O) groups excluding carboxylic acids is 1. The van der Waals surface area contributed by atoms with Crippen LogP contribution in [0.2, 0.25) is 0 Å². The second kappa shape index (κ2) is 5.06. The highest BCUT2D eigenvalue weighted by Crippen LogP contribution is 2.22. The molecule has 6 heteroatoms. The quantitative estimate of drug-likeness (QED) is 0.932. The Hall–Kier alpha value is -1.43. The van der Waals surface area contributed by atoms with Gasteiger partial charge in [-0.2, -0.15) is 0 Å². The summed E-state index contributed by atoms with van der Waals surface area (Å²) in [6, 6.07) is 3.63. The number of hydrogen-bond donors (Lipinski definition) is 1. The molecule has 98 valence electrons. The van der Waals surface area contributed by atoms with E-state index in [1.807, 2.05) is 0 Å². The van der Waals surface area contributed by atoms with Gasteiger partial charge in [0.1, 0.15) is 11.4 Å². The molecule has 18 heavy (non-hydrogen) atoms. The van der Waals surface area contributed by atoms with Crippen LogP contribution in [0.25, 0.3) is 0 Å². The first-order chi connectivity index (χ1) is 8.17. The zero-order valence-electron chi connectivity index (χ0n) is 10.2. The third-order valence-corrected chi connectivity index (χ3v) is 3.48. The van der Waals surface area contributed by atoms with Crippen molar-refractivity contribution in [2.24, 2.45) is 0 Å². The first-order valence-corrected chi connectivity index (χ1v) is 5.94. The van der Waals surface area contributed by atoms with Crippen molar-refractivity contribution in [2.75, 3.05) is 7.05 Å². The van der Waals surface area contributed by atoms with E-state index in [2.05, 4.69) is 15.9 Å². The Morgan fingerprint density at radius 1 is 1.39 bits per heavy atom. The molecule has 1 aromatic rings. The molecule has 0 aromatic heterocycles. The Morgan fingerprint density at radius 2 is 1.94 bits per heavy atom. The zero-order valence-corrected chi connectivity index (χ0v) is 11.8. The van der Waals surface area contributed by atoms with Gasteiger partial charge in [0.05, 0.1) is 5.56 Å². The number of carbonyl (C=O) groups is 2. The Labute approximate surface area is 113 Å². The van der Waals surface area contributed by atoms with Crippen LogP contribution in [0.4, 0.5) is 4.39 Å². The molecule has 0 aliphatic carbocycles. The van der Waals surface area contributed by atoms with E-state index < -0.39 is 23.2 Å². The topological polar surface area (TPSA) is 57.6 Å². The molecule has 0 bridgehead atoms. The fourth-order valence-corrected chi connectivity index (χ4v) is 1.76. The highest BCUT2D eigenvalue weighted by molar-refractivity contribution is 9.10. The molecule has 0 unspecified atom stereocenters. The summed E-state index contributed by atoms with van der Waals surface area (Å²) in [4.78, 5) is 24.3. The SMILES string of the molecule is CN(C(=O)c1ccc(F)cc1Br)C(C)(C)C(=O)O. The van der Waals surface area contributed by atoms with Gasteiger partial charge in [-0.1, -0.05) is 0 Å². The predicted octanol–water partition coefficient (Wildman–Crippen LogP) is 2.52. The molecule has 1 aromatic carbocycles. The number of carboxylic acids is 1. The molecular formula is C12H13BrFNO3. The summed E-state index contributed by atoms with van der Waals surface area (Å²) < 4.78 is 13.2. The lowest BCUT2D eigenvalue weighted by atomic mass is 10.0. The van der Waals surface area contributed by atoms with Crippen LogP contribution in [0.3, 0.4) is 0 Å².